The van der Waals surface area contributed by atoms with Crippen molar-refractivity contribution in [1.29, 1.82) is 0 Å². The molecule has 1 aliphatic carbocycles. The maximum absolute atomic E-state index is 14.1. The van der Waals surface area contributed by atoms with Gasteiger partial charge in [-0.15, -0.1) is 0 Å². The standard InChI is InChI=1S/C39H36BNO6/c42-34-19-11-10-14-28(34)22-27(26-12-4-1-5-13-26)20-21-35-36-29(25-46-31-17-8-3-9-18-31)23-32-37(33(36)24-40(45)47-35)39(44)41(38(32)43)30-15-6-2-7-16-30/h1-19,22,32-33,35,37,42,45H,20-21,23-25H2/b27-22-/t32-,33+,35-,37-/m1/s1. The number of phenolic OH excluding ortho intramolecular Hbond substituents is 1. The van der Waals surface area contributed by atoms with Gasteiger partial charge in [-0.1, -0.05) is 84.9 Å². The Kier molecular flexibility index (Phi) is 8.79. The Hall–Kier alpha value is -4.92. The van der Waals surface area contributed by atoms with Crippen molar-refractivity contribution in [2.75, 3.05) is 11.5 Å². The summed E-state index contributed by atoms with van der Waals surface area (Å²) >= 11 is 0. The van der Waals surface area contributed by atoms with Gasteiger partial charge in [0, 0.05) is 5.56 Å². The van der Waals surface area contributed by atoms with Crippen LogP contribution in [-0.4, -0.2) is 41.8 Å². The van der Waals surface area contributed by atoms with E-state index in [1.807, 2.05) is 97.1 Å². The molecule has 3 aliphatic rings. The van der Waals surface area contributed by atoms with Crippen molar-refractivity contribution in [3.8, 4) is 11.5 Å². The van der Waals surface area contributed by atoms with Gasteiger partial charge in [0.15, 0.2) is 0 Å². The molecule has 0 bridgehead atoms. The molecule has 2 aliphatic heterocycles. The average Bonchev–Trinajstić information content (AvgIpc) is 3.36. The molecule has 7 rings (SSSR count). The summed E-state index contributed by atoms with van der Waals surface area (Å²) in [4.78, 5) is 29.3. The van der Waals surface area contributed by atoms with Gasteiger partial charge in [0.2, 0.25) is 11.8 Å². The quantitative estimate of drug-likeness (QED) is 0.0921. The lowest BCUT2D eigenvalue weighted by Crippen LogP contribution is -2.46. The predicted octanol–water partition coefficient (Wildman–Crippen LogP) is 6.79. The number of hydrogen-bond donors (Lipinski definition) is 2. The summed E-state index contributed by atoms with van der Waals surface area (Å²) in [7, 11) is -1.08. The highest BCUT2D eigenvalue weighted by molar-refractivity contribution is 6.43. The van der Waals surface area contributed by atoms with Gasteiger partial charge in [-0.05, 0) is 90.2 Å². The number of carbonyl (C=O) groups excluding carboxylic acids is 2. The lowest BCUT2D eigenvalue weighted by atomic mass is 9.58. The van der Waals surface area contributed by atoms with Crippen LogP contribution in [0.25, 0.3) is 11.6 Å². The molecule has 0 aromatic heterocycles. The number of para-hydroxylation sites is 3. The maximum Gasteiger partial charge on any atom is 0.455 e. The summed E-state index contributed by atoms with van der Waals surface area (Å²) in [6, 6.07) is 35.8. The van der Waals surface area contributed by atoms with Gasteiger partial charge in [-0.3, -0.25) is 14.5 Å². The van der Waals surface area contributed by atoms with Crippen LogP contribution in [0.15, 0.2) is 126 Å². The zero-order chi connectivity index (χ0) is 32.3. The van der Waals surface area contributed by atoms with E-state index in [1.165, 1.54) is 4.90 Å². The monoisotopic (exact) mass is 625 g/mol. The third kappa shape index (κ3) is 6.27. The fourth-order valence-corrected chi connectivity index (χ4v) is 7.45. The smallest absolute Gasteiger partial charge is 0.455 e. The molecule has 4 atom stereocenters. The third-order valence-electron chi connectivity index (χ3n) is 9.57. The van der Waals surface area contributed by atoms with Gasteiger partial charge in [0.25, 0.3) is 0 Å². The number of rotatable bonds is 9. The minimum atomic E-state index is -1.08. The first-order valence-corrected chi connectivity index (χ1v) is 16.2. The summed E-state index contributed by atoms with van der Waals surface area (Å²) in [5.41, 5.74) is 5.20. The van der Waals surface area contributed by atoms with Crippen LogP contribution in [0.3, 0.4) is 0 Å². The first-order chi connectivity index (χ1) is 23.0. The number of ether oxygens (including phenoxy) is 1. The lowest BCUT2D eigenvalue weighted by molar-refractivity contribution is -0.122. The summed E-state index contributed by atoms with van der Waals surface area (Å²) in [6.45, 7) is 0.251. The van der Waals surface area contributed by atoms with Crippen molar-refractivity contribution in [1.82, 2.24) is 0 Å². The molecular formula is C39H36BNO6. The number of aromatic hydroxyl groups is 1. The second-order valence-corrected chi connectivity index (χ2v) is 12.4. The van der Waals surface area contributed by atoms with E-state index >= 15 is 0 Å². The summed E-state index contributed by atoms with van der Waals surface area (Å²) in [5, 5.41) is 21.6. The van der Waals surface area contributed by atoms with E-state index in [-0.39, 0.29) is 36.4 Å². The number of allylic oxidation sites excluding steroid dienone is 1. The normalized spacial score (nSPS) is 22.7. The Labute approximate surface area is 274 Å². The number of amides is 2. The zero-order valence-corrected chi connectivity index (χ0v) is 25.9. The van der Waals surface area contributed by atoms with E-state index in [1.54, 1.807) is 24.3 Å². The molecule has 8 heteroatoms. The summed E-state index contributed by atoms with van der Waals surface area (Å²) < 4.78 is 12.5. The van der Waals surface area contributed by atoms with E-state index in [0.717, 1.165) is 22.3 Å². The fourth-order valence-electron chi connectivity index (χ4n) is 7.45. The van der Waals surface area contributed by atoms with Gasteiger partial charge in [-0.25, -0.2) is 0 Å². The minimum Gasteiger partial charge on any atom is -0.507 e. The van der Waals surface area contributed by atoms with Gasteiger partial charge in [0.1, 0.15) is 18.1 Å². The van der Waals surface area contributed by atoms with Crippen molar-refractivity contribution in [3.63, 3.8) is 0 Å². The summed E-state index contributed by atoms with van der Waals surface area (Å²) in [5.74, 6) is -1.04. The van der Waals surface area contributed by atoms with E-state index in [4.69, 9.17) is 9.39 Å². The second-order valence-electron chi connectivity index (χ2n) is 12.4. The van der Waals surface area contributed by atoms with Crippen LogP contribution >= 0.6 is 0 Å². The number of imide groups is 1. The first kappa shape index (κ1) is 30.7. The first-order valence-electron chi connectivity index (χ1n) is 16.2. The van der Waals surface area contributed by atoms with Gasteiger partial charge in [-0.2, -0.15) is 0 Å². The van der Waals surface area contributed by atoms with Gasteiger partial charge < -0.3 is 19.5 Å². The Bertz CT molecular complexity index is 1810. The molecule has 4 aromatic rings. The maximum atomic E-state index is 14.1. The highest BCUT2D eigenvalue weighted by atomic mass is 16.5. The van der Waals surface area contributed by atoms with Crippen LogP contribution in [0.2, 0.25) is 6.32 Å². The average molecular weight is 626 g/mol. The molecule has 7 nitrogen and oxygen atoms in total. The van der Waals surface area contributed by atoms with Gasteiger partial charge >= 0.3 is 7.12 Å². The molecule has 2 heterocycles. The van der Waals surface area contributed by atoms with E-state index in [0.29, 0.717) is 36.3 Å². The van der Waals surface area contributed by atoms with Crippen LogP contribution in [0.1, 0.15) is 30.4 Å². The molecular weight excluding hydrogens is 589 g/mol. The molecule has 0 spiro atoms. The number of anilines is 1. The third-order valence-corrected chi connectivity index (χ3v) is 9.57. The molecule has 2 amide bonds. The number of nitrogens with zero attached hydrogens (tertiary/aromatic N) is 1. The van der Waals surface area contributed by atoms with Crippen molar-refractivity contribution in [3.05, 3.63) is 138 Å². The lowest BCUT2D eigenvalue weighted by Gasteiger charge is -2.43. The van der Waals surface area contributed by atoms with E-state index in [2.05, 4.69) is 0 Å². The molecule has 236 valence electrons. The number of hydrogen-bond acceptors (Lipinski definition) is 6. The second kappa shape index (κ2) is 13.4. The Morgan fingerprint density at radius 2 is 1.51 bits per heavy atom. The molecule has 0 saturated carbocycles. The van der Waals surface area contributed by atoms with E-state index in [9.17, 15) is 19.7 Å². The number of phenols is 1. The molecule has 2 saturated heterocycles. The predicted molar refractivity (Wildman–Crippen MR) is 182 cm³/mol. The number of fused-ring (bicyclic) bond motifs is 3. The van der Waals surface area contributed by atoms with Crippen LogP contribution < -0.4 is 9.64 Å². The number of benzene rings is 4. The Morgan fingerprint density at radius 1 is 0.851 bits per heavy atom. The van der Waals surface area contributed by atoms with Crippen LogP contribution in [-0.2, 0) is 14.2 Å². The number of carbonyl (C=O) groups is 2. The highest BCUT2D eigenvalue weighted by Crippen LogP contribution is 2.51. The highest BCUT2D eigenvalue weighted by Gasteiger charge is 2.57. The molecule has 0 radical (unpaired) electrons. The van der Waals surface area contributed by atoms with Crippen LogP contribution in [0.5, 0.6) is 11.5 Å². The largest absolute Gasteiger partial charge is 0.507 e. The minimum absolute atomic E-state index is 0.194. The molecule has 47 heavy (non-hydrogen) atoms. The Balaban J connectivity index is 1.24. The zero-order valence-electron chi connectivity index (χ0n) is 25.9. The van der Waals surface area contributed by atoms with Crippen molar-refractivity contribution in [2.45, 2.75) is 31.7 Å². The summed E-state index contributed by atoms with van der Waals surface area (Å²) in [6.07, 6.45) is 3.20. The SMILES string of the molecule is O=C1[C@@H]2[C@@H](CC(COc3ccccc3)=C3[C@@H](CC/C(=C/c4ccccc4O)c4ccccc4)OB(O)C[C@@H]32)C(=O)N1c1ccccc1. The molecule has 0 unspecified atom stereocenters. The van der Waals surface area contributed by atoms with E-state index < -0.39 is 25.1 Å². The van der Waals surface area contributed by atoms with Crippen molar-refractivity contribution < 1.29 is 29.1 Å². The van der Waals surface area contributed by atoms with Gasteiger partial charge in [0.05, 0.1) is 23.6 Å². The fraction of sp³-hybridized carbons (Fsp3) is 0.231. The van der Waals surface area contributed by atoms with Crippen molar-refractivity contribution >= 4 is 36.3 Å². The van der Waals surface area contributed by atoms with Crippen molar-refractivity contribution in [2.24, 2.45) is 17.8 Å². The van der Waals surface area contributed by atoms with Crippen LogP contribution in [0, 0.1) is 17.8 Å². The topological polar surface area (TPSA) is 96.3 Å². The molecule has 4 aromatic carbocycles. The molecule has 2 N–H and O–H groups in total. The van der Waals surface area contributed by atoms with Crippen LogP contribution in [0.4, 0.5) is 5.69 Å². The Morgan fingerprint density at radius 3 is 2.23 bits per heavy atom. The molecule has 2 fully saturated rings.